The molecule has 18 heavy (non-hydrogen) atoms. The molecule has 0 amide bonds. The van der Waals surface area contributed by atoms with Crippen molar-refractivity contribution in [3.63, 3.8) is 0 Å². The number of thioether (sulfide) groups is 1. The van der Waals surface area contributed by atoms with Gasteiger partial charge < -0.3 is 4.74 Å². The average molecular weight is 299 g/mol. The molecule has 0 bridgehead atoms. The van der Waals surface area contributed by atoms with Crippen molar-refractivity contribution in [2.24, 2.45) is 0 Å². The second-order valence-corrected chi connectivity index (χ2v) is 5.26. The topological polar surface area (TPSA) is 9.23 Å². The lowest BCUT2D eigenvalue weighted by atomic mass is 10.1. The van der Waals surface area contributed by atoms with E-state index in [4.69, 9.17) is 16.3 Å². The summed E-state index contributed by atoms with van der Waals surface area (Å²) in [5, 5.41) is 0. The Morgan fingerprint density at radius 3 is 2.22 bits per heavy atom. The van der Waals surface area contributed by atoms with Gasteiger partial charge in [0.25, 0.3) is 0 Å². The molecule has 1 nitrogen and oxygen atoms in total. The highest BCUT2D eigenvalue weighted by atomic mass is 35.5. The van der Waals surface area contributed by atoms with Crippen LogP contribution in [-0.4, -0.2) is 17.9 Å². The molecule has 0 spiro atoms. The van der Waals surface area contributed by atoms with Gasteiger partial charge in [-0.15, -0.1) is 11.6 Å². The van der Waals surface area contributed by atoms with Crippen LogP contribution in [0.25, 0.3) is 0 Å². The summed E-state index contributed by atoms with van der Waals surface area (Å²) in [6.45, 7) is 3.75. The molecule has 0 saturated heterocycles. The van der Waals surface area contributed by atoms with E-state index < -0.39 is 5.51 Å². The van der Waals surface area contributed by atoms with Crippen molar-refractivity contribution >= 4 is 23.4 Å². The zero-order valence-corrected chi connectivity index (χ0v) is 11.7. The summed E-state index contributed by atoms with van der Waals surface area (Å²) in [7, 11) is 0. The lowest BCUT2D eigenvalue weighted by molar-refractivity contribution is -0.0329. The maximum Gasteiger partial charge on any atom is 0.441 e. The molecule has 0 N–H and O–H groups in total. The first-order valence-corrected chi connectivity index (χ1v) is 6.85. The molecular formula is C12H14ClF3OS. The Morgan fingerprint density at radius 1 is 1.22 bits per heavy atom. The van der Waals surface area contributed by atoms with Crippen LogP contribution in [0.4, 0.5) is 13.2 Å². The third-order valence-corrected chi connectivity index (χ3v) is 3.28. The van der Waals surface area contributed by atoms with Crippen molar-refractivity contribution in [3.05, 3.63) is 28.8 Å². The molecule has 1 aromatic carbocycles. The van der Waals surface area contributed by atoms with Gasteiger partial charge in [-0.1, -0.05) is 12.1 Å². The van der Waals surface area contributed by atoms with Crippen LogP contribution in [0.3, 0.4) is 0 Å². The molecular weight excluding hydrogens is 285 g/mol. The van der Waals surface area contributed by atoms with Crippen LogP contribution in [0, 0.1) is 13.8 Å². The number of aryl methyl sites for hydroxylation is 2. The SMILES string of the molecule is Cc1cc(CCl)cc(C)c1OCCSC(F)(F)F. The number of benzene rings is 1. The van der Waals surface area contributed by atoms with Crippen molar-refractivity contribution in [2.45, 2.75) is 25.2 Å². The maximum atomic E-state index is 11.9. The monoisotopic (exact) mass is 298 g/mol. The molecule has 0 fully saturated rings. The van der Waals surface area contributed by atoms with Gasteiger partial charge in [0.1, 0.15) is 5.75 Å². The van der Waals surface area contributed by atoms with Crippen molar-refractivity contribution < 1.29 is 17.9 Å². The second-order valence-electron chi connectivity index (χ2n) is 3.84. The van der Waals surface area contributed by atoms with Crippen LogP contribution < -0.4 is 4.74 Å². The maximum absolute atomic E-state index is 11.9. The summed E-state index contributed by atoms with van der Waals surface area (Å²) in [6.07, 6.45) is 0. The molecule has 102 valence electrons. The van der Waals surface area contributed by atoms with Crippen LogP contribution in [0.5, 0.6) is 5.75 Å². The lowest BCUT2D eigenvalue weighted by Crippen LogP contribution is -2.08. The van der Waals surface area contributed by atoms with Crippen LogP contribution in [0.15, 0.2) is 12.1 Å². The standard InChI is InChI=1S/C12H14ClF3OS/c1-8-5-10(7-13)6-9(2)11(8)17-3-4-18-12(14,15)16/h5-6H,3-4,7H2,1-2H3. The largest absolute Gasteiger partial charge is 0.492 e. The smallest absolute Gasteiger partial charge is 0.441 e. The van der Waals surface area contributed by atoms with E-state index in [1.165, 1.54) is 0 Å². The molecule has 0 aliphatic carbocycles. The first-order chi connectivity index (χ1) is 8.33. The van der Waals surface area contributed by atoms with E-state index in [-0.39, 0.29) is 24.1 Å². The number of alkyl halides is 4. The highest BCUT2D eigenvalue weighted by molar-refractivity contribution is 8.00. The van der Waals surface area contributed by atoms with Crippen LogP contribution >= 0.6 is 23.4 Å². The summed E-state index contributed by atoms with van der Waals surface area (Å²) >= 11 is 5.66. The number of rotatable bonds is 5. The number of halogens is 4. The highest BCUT2D eigenvalue weighted by Gasteiger charge is 2.27. The fourth-order valence-electron chi connectivity index (χ4n) is 1.65. The first-order valence-electron chi connectivity index (χ1n) is 5.33. The predicted octanol–water partition coefficient (Wildman–Crippen LogP) is 4.67. The minimum atomic E-state index is -4.20. The summed E-state index contributed by atoms with van der Waals surface area (Å²) in [5.74, 6) is 0.942. The first kappa shape index (κ1) is 15.5. The minimum absolute atomic E-state index is 0.0338. The fourth-order valence-corrected chi connectivity index (χ4v) is 2.20. The van der Waals surface area contributed by atoms with Crippen molar-refractivity contribution in [1.82, 2.24) is 0 Å². The average Bonchev–Trinajstić information content (AvgIpc) is 2.25. The molecule has 0 unspecified atom stereocenters. The third-order valence-electron chi connectivity index (χ3n) is 2.27. The Hall–Kier alpha value is -0.550. The summed E-state index contributed by atoms with van der Waals surface area (Å²) in [6, 6.07) is 3.76. The summed E-state index contributed by atoms with van der Waals surface area (Å²) in [4.78, 5) is 0. The fraction of sp³-hybridized carbons (Fsp3) is 0.500. The van der Waals surface area contributed by atoms with E-state index in [1.807, 2.05) is 26.0 Å². The van der Waals surface area contributed by atoms with Crippen molar-refractivity contribution in [1.29, 1.82) is 0 Å². The van der Waals surface area contributed by atoms with Gasteiger partial charge in [0.15, 0.2) is 0 Å². The summed E-state index contributed by atoms with van der Waals surface area (Å²) < 4.78 is 41.2. The molecule has 0 atom stereocenters. The second kappa shape index (κ2) is 6.57. The molecule has 0 radical (unpaired) electrons. The minimum Gasteiger partial charge on any atom is -0.492 e. The van der Waals surface area contributed by atoms with Gasteiger partial charge in [0.05, 0.1) is 6.61 Å². The third kappa shape index (κ3) is 4.98. The molecule has 0 aromatic heterocycles. The predicted molar refractivity (Wildman–Crippen MR) is 69.5 cm³/mol. The number of hydrogen-bond acceptors (Lipinski definition) is 2. The molecule has 0 heterocycles. The van der Waals surface area contributed by atoms with Gasteiger partial charge in [-0.05, 0) is 42.3 Å². The normalized spacial score (nSPS) is 11.7. The zero-order valence-electron chi connectivity index (χ0n) is 10.1. The molecule has 0 saturated carbocycles. The molecule has 6 heteroatoms. The highest BCUT2D eigenvalue weighted by Crippen LogP contribution is 2.30. The van der Waals surface area contributed by atoms with Crippen LogP contribution in [0.2, 0.25) is 0 Å². The molecule has 1 aromatic rings. The van der Waals surface area contributed by atoms with Crippen molar-refractivity contribution in [3.8, 4) is 5.75 Å². The Bertz CT molecular complexity index is 384. The van der Waals surface area contributed by atoms with Gasteiger partial charge in [0.2, 0.25) is 0 Å². The van der Waals surface area contributed by atoms with E-state index in [2.05, 4.69) is 0 Å². The van der Waals surface area contributed by atoms with Crippen molar-refractivity contribution in [2.75, 3.05) is 12.4 Å². The number of hydrogen-bond donors (Lipinski definition) is 0. The Balaban J connectivity index is 2.57. The van der Waals surface area contributed by atoms with E-state index in [9.17, 15) is 13.2 Å². The van der Waals surface area contributed by atoms with Gasteiger partial charge >= 0.3 is 5.51 Å². The van der Waals surface area contributed by atoms with E-state index in [0.29, 0.717) is 11.6 Å². The van der Waals surface area contributed by atoms with E-state index in [1.54, 1.807) is 0 Å². The van der Waals surface area contributed by atoms with E-state index >= 15 is 0 Å². The zero-order chi connectivity index (χ0) is 13.8. The van der Waals surface area contributed by atoms with Crippen LogP contribution in [-0.2, 0) is 5.88 Å². The quantitative estimate of drug-likeness (QED) is 0.577. The van der Waals surface area contributed by atoms with Gasteiger partial charge in [-0.2, -0.15) is 13.2 Å². The molecule has 0 aliphatic heterocycles. The Morgan fingerprint density at radius 2 is 1.78 bits per heavy atom. The van der Waals surface area contributed by atoms with E-state index in [0.717, 1.165) is 16.7 Å². The Labute approximate surface area is 114 Å². The lowest BCUT2D eigenvalue weighted by Gasteiger charge is -2.13. The number of ether oxygens (including phenoxy) is 1. The van der Waals surface area contributed by atoms with Gasteiger partial charge in [0, 0.05) is 11.6 Å². The molecule has 0 aliphatic rings. The Kier molecular flexibility index (Phi) is 5.66. The van der Waals surface area contributed by atoms with Crippen LogP contribution in [0.1, 0.15) is 16.7 Å². The van der Waals surface area contributed by atoms with Gasteiger partial charge in [-0.3, -0.25) is 0 Å². The van der Waals surface area contributed by atoms with Gasteiger partial charge in [-0.25, -0.2) is 0 Å². The molecule has 1 rings (SSSR count). The summed E-state index contributed by atoms with van der Waals surface area (Å²) in [5.41, 5.74) is -1.44.